The van der Waals surface area contributed by atoms with Crippen molar-refractivity contribution in [2.45, 2.75) is 187 Å². The molecule has 3 atom stereocenters. The number of carbonyl (C=O) groups is 1. The zero-order valence-corrected chi connectivity index (χ0v) is 38.2. The van der Waals surface area contributed by atoms with Gasteiger partial charge in [-0.15, -0.1) is 0 Å². The molecule has 0 aromatic carbocycles. The number of phosphoric ester groups is 1. The van der Waals surface area contributed by atoms with Crippen LogP contribution in [0.3, 0.4) is 0 Å². The first-order chi connectivity index (χ1) is 27.5. The van der Waals surface area contributed by atoms with Crippen LogP contribution in [0.4, 0.5) is 0 Å². The molecule has 0 heterocycles. The van der Waals surface area contributed by atoms with Gasteiger partial charge in [0.25, 0.3) is 7.82 Å². The van der Waals surface area contributed by atoms with Crippen molar-refractivity contribution in [1.82, 2.24) is 5.32 Å². The van der Waals surface area contributed by atoms with E-state index in [2.05, 4.69) is 79.9 Å². The SMILES string of the molecule is CCCCC/C=C\C/C=C\C/C=C\CCCCCCCCC(=O)NC(COP(=O)([O-])OCC[N+](C)(C)C)C(O)/C=C/CC/C=C/CC/C=C/CCCCCCCC. The number of phosphoric acid groups is 1. The number of likely N-dealkylation sites (N-methyl/N-ethyl adjacent to an activating group) is 1. The molecule has 330 valence electrons. The molecule has 3 unspecified atom stereocenters. The Morgan fingerprint density at radius 3 is 1.58 bits per heavy atom. The van der Waals surface area contributed by atoms with Crippen molar-refractivity contribution in [1.29, 1.82) is 0 Å². The number of aliphatic hydroxyl groups is 1. The number of aliphatic hydroxyl groups excluding tert-OH is 1. The van der Waals surface area contributed by atoms with E-state index in [0.29, 0.717) is 17.4 Å². The fourth-order valence-electron chi connectivity index (χ4n) is 5.95. The summed E-state index contributed by atoms with van der Waals surface area (Å²) in [6.45, 7) is 4.55. The Morgan fingerprint density at radius 1 is 0.614 bits per heavy atom. The van der Waals surface area contributed by atoms with Crippen LogP contribution in [0.15, 0.2) is 72.9 Å². The standard InChI is InChI=1S/C48H87N2O6P/c1-6-8-10-12-14-16-18-20-22-24-25-26-28-30-32-34-36-38-40-42-48(52)49-46(45-56-57(53,54)55-44-43-50(3,4)5)47(51)41-39-37-35-33-31-29-27-23-21-19-17-15-13-11-9-7-2/h14,16,20-23,25-26,31,33,39,41,46-47,51H,6-13,15,17-19,24,27-30,32,34-38,40,42-45H2,1-5H3,(H-,49,52,53,54)/b16-14-,22-20-,23-21+,26-25-,33-31+,41-39+. The molecule has 0 aromatic rings. The molecule has 9 heteroatoms. The molecule has 0 saturated heterocycles. The number of carbonyl (C=O) groups excluding carboxylic acids is 1. The minimum absolute atomic E-state index is 0.0152. The van der Waals surface area contributed by atoms with Gasteiger partial charge in [0.15, 0.2) is 0 Å². The smallest absolute Gasteiger partial charge is 0.268 e. The van der Waals surface area contributed by atoms with Crippen molar-refractivity contribution in [3.63, 3.8) is 0 Å². The maximum absolute atomic E-state index is 12.9. The first-order valence-electron chi connectivity index (χ1n) is 22.8. The van der Waals surface area contributed by atoms with Crippen LogP contribution in [-0.2, 0) is 18.4 Å². The molecular formula is C48H87N2O6P. The third-order valence-electron chi connectivity index (χ3n) is 9.62. The molecular weight excluding hydrogens is 732 g/mol. The van der Waals surface area contributed by atoms with Gasteiger partial charge >= 0.3 is 0 Å². The van der Waals surface area contributed by atoms with E-state index in [1.807, 2.05) is 27.2 Å². The van der Waals surface area contributed by atoms with Gasteiger partial charge < -0.3 is 28.8 Å². The molecule has 0 bridgehead atoms. The topological polar surface area (TPSA) is 108 Å². The lowest BCUT2D eigenvalue weighted by atomic mass is 10.1. The Morgan fingerprint density at radius 2 is 1.04 bits per heavy atom. The summed E-state index contributed by atoms with van der Waals surface area (Å²) in [5, 5.41) is 13.7. The Labute approximate surface area is 351 Å². The van der Waals surface area contributed by atoms with Gasteiger partial charge in [-0.1, -0.05) is 157 Å². The number of nitrogens with one attached hydrogen (secondary N) is 1. The summed E-state index contributed by atoms with van der Waals surface area (Å²) < 4.78 is 23.2. The third-order valence-corrected chi connectivity index (χ3v) is 10.6. The lowest BCUT2D eigenvalue weighted by Crippen LogP contribution is -2.45. The molecule has 0 rings (SSSR count). The fraction of sp³-hybridized carbons (Fsp3) is 0.729. The summed E-state index contributed by atoms with van der Waals surface area (Å²) >= 11 is 0. The van der Waals surface area contributed by atoms with Gasteiger partial charge in [-0.25, -0.2) is 0 Å². The highest BCUT2D eigenvalue weighted by molar-refractivity contribution is 7.45. The van der Waals surface area contributed by atoms with Gasteiger partial charge in [0, 0.05) is 6.42 Å². The zero-order chi connectivity index (χ0) is 42.1. The summed E-state index contributed by atoms with van der Waals surface area (Å²) in [6, 6.07) is -0.919. The van der Waals surface area contributed by atoms with Gasteiger partial charge in [-0.05, 0) is 83.5 Å². The summed E-state index contributed by atoms with van der Waals surface area (Å²) in [4.78, 5) is 25.3. The van der Waals surface area contributed by atoms with E-state index < -0.39 is 26.6 Å². The van der Waals surface area contributed by atoms with Gasteiger partial charge in [0.05, 0.1) is 39.9 Å². The highest BCUT2D eigenvalue weighted by atomic mass is 31.2. The highest BCUT2D eigenvalue weighted by Crippen LogP contribution is 2.38. The Bertz CT molecular complexity index is 1160. The van der Waals surface area contributed by atoms with Crippen LogP contribution in [0, 0.1) is 0 Å². The number of allylic oxidation sites excluding steroid dienone is 11. The number of hydrogen-bond acceptors (Lipinski definition) is 6. The number of unbranched alkanes of at least 4 members (excludes halogenated alkanes) is 17. The fourth-order valence-corrected chi connectivity index (χ4v) is 6.68. The summed E-state index contributed by atoms with van der Waals surface area (Å²) in [5.41, 5.74) is 0. The number of rotatable bonds is 40. The molecule has 0 aliphatic heterocycles. The van der Waals surface area contributed by atoms with Crippen molar-refractivity contribution in [2.24, 2.45) is 0 Å². The monoisotopic (exact) mass is 819 g/mol. The van der Waals surface area contributed by atoms with Crippen molar-refractivity contribution in [3.8, 4) is 0 Å². The van der Waals surface area contributed by atoms with E-state index in [1.165, 1.54) is 83.5 Å². The lowest BCUT2D eigenvalue weighted by molar-refractivity contribution is -0.870. The highest BCUT2D eigenvalue weighted by Gasteiger charge is 2.23. The van der Waals surface area contributed by atoms with Gasteiger partial charge in [-0.3, -0.25) is 9.36 Å². The first-order valence-corrected chi connectivity index (χ1v) is 24.3. The van der Waals surface area contributed by atoms with Gasteiger partial charge in [-0.2, -0.15) is 0 Å². The van der Waals surface area contributed by atoms with Crippen LogP contribution in [0.1, 0.15) is 174 Å². The van der Waals surface area contributed by atoms with Crippen LogP contribution < -0.4 is 10.2 Å². The maximum Gasteiger partial charge on any atom is 0.268 e. The largest absolute Gasteiger partial charge is 0.756 e. The molecule has 57 heavy (non-hydrogen) atoms. The van der Waals surface area contributed by atoms with Gasteiger partial charge in [0.1, 0.15) is 13.2 Å². The molecule has 0 aromatic heterocycles. The quantitative estimate of drug-likeness (QED) is 0.0276. The van der Waals surface area contributed by atoms with Crippen LogP contribution in [0.2, 0.25) is 0 Å². The first kappa shape index (κ1) is 54.9. The maximum atomic E-state index is 12.9. The van der Waals surface area contributed by atoms with E-state index in [4.69, 9.17) is 9.05 Å². The van der Waals surface area contributed by atoms with E-state index in [1.54, 1.807) is 6.08 Å². The second-order valence-electron chi connectivity index (χ2n) is 16.4. The van der Waals surface area contributed by atoms with Gasteiger partial charge in [0.2, 0.25) is 5.91 Å². The predicted molar refractivity (Wildman–Crippen MR) is 242 cm³/mol. The summed E-state index contributed by atoms with van der Waals surface area (Å²) in [6.07, 6.45) is 52.3. The molecule has 8 nitrogen and oxygen atoms in total. The van der Waals surface area contributed by atoms with E-state index in [0.717, 1.165) is 70.6 Å². The van der Waals surface area contributed by atoms with Crippen LogP contribution in [0.5, 0.6) is 0 Å². The average Bonchev–Trinajstić information content (AvgIpc) is 3.16. The summed E-state index contributed by atoms with van der Waals surface area (Å²) in [5.74, 6) is -0.228. The third kappa shape index (κ3) is 41.9. The minimum Gasteiger partial charge on any atom is -0.756 e. The number of quaternary nitrogens is 1. The second kappa shape index (κ2) is 39.4. The molecule has 0 spiro atoms. The Balaban J connectivity index is 4.52. The van der Waals surface area contributed by atoms with E-state index >= 15 is 0 Å². The minimum atomic E-state index is -4.61. The molecule has 0 aliphatic carbocycles. The van der Waals surface area contributed by atoms with Crippen molar-refractivity contribution < 1.29 is 32.9 Å². The molecule has 1 amide bonds. The van der Waals surface area contributed by atoms with E-state index in [9.17, 15) is 19.4 Å². The number of amides is 1. The zero-order valence-electron chi connectivity index (χ0n) is 37.3. The Hall–Kier alpha value is -2.06. The average molecular weight is 819 g/mol. The van der Waals surface area contributed by atoms with E-state index in [-0.39, 0.29) is 12.5 Å². The van der Waals surface area contributed by atoms with Crippen molar-refractivity contribution in [2.75, 3.05) is 40.9 Å². The molecule has 0 radical (unpaired) electrons. The number of hydrogen-bond donors (Lipinski definition) is 2. The normalized spacial score (nSPS) is 15.0. The molecule has 0 fully saturated rings. The molecule has 2 N–H and O–H groups in total. The van der Waals surface area contributed by atoms with Crippen molar-refractivity contribution in [3.05, 3.63) is 72.9 Å². The predicted octanol–water partition coefficient (Wildman–Crippen LogP) is 12.2. The second-order valence-corrected chi connectivity index (χ2v) is 17.8. The summed E-state index contributed by atoms with van der Waals surface area (Å²) in [7, 11) is 1.21. The van der Waals surface area contributed by atoms with Crippen LogP contribution in [-0.4, -0.2) is 68.5 Å². The van der Waals surface area contributed by atoms with Crippen LogP contribution >= 0.6 is 7.82 Å². The Kier molecular flexibility index (Phi) is 38.0. The van der Waals surface area contributed by atoms with Crippen LogP contribution in [0.25, 0.3) is 0 Å². The van der Waals surface area contributed by atoms with Crippen molar-refractivity contribution >= 4 is 13.7 Å². The lowest BCUT2D eigenvalue weighted by Gasteiger charge is -2.29. The number of nitrogens with zero attached hydrogens (tertiary/aromatic N) is 1. The molecule has 0 saturated carbocycles. The molecule has 0 aliphatic rings.